The number of benzene rings is 5. The highest BCUT2D eigenvalue weighted by atomic mass is 19.1. The van der Waals surface area contributed by atoms with Crippen molar-refractivity contribution in [2.24, 2.45) is 4.99 Å². The van der Waals surface area contributed by atoms with Crippen LogP contribution < -0.4 is 10.1 Å². The summed E-state index contributed by atoms with van der Waals surface area (Å²) in [6.45, 7) is 11.9. The molecule has 0 spiro atoms. The predicted molar refractivity (Wildman–Crippen MR) is 280 cm³/mol. The number of pyridine rings is 1. The lowest BCUT2D eigenvalue weighted by molar-refractivity contribution is -0.0571. The highest BCUT2D eigenvalue weighted by Gasteiger charge is 2.50. The van der Waals surface area contributed by atoms with E-state index in [-0.39, 0.29) is 36.0 Å². The van der Waals surface area contributed by atoms with E-state index in [2.05, 4.69) is 108 Å². The third-order valence-electron chi connectivity index (χ3n) is 15.2. The van der Waals surface area contributed by atoms with E-state index in [1.165, 1.54) is 0 Å². The molecule has 12 nitrogen and oxygen atoms in total. The highest BCUT2D eigenvalue weighted by Crippen LogP contribution is 2.54. The monoisotopic (exact) mass is 979 g/mol. The average Bonchev–Trinajstić information content (AvgIpc) is 3.84. The molecular weight excluding hydrogens is 918 g/mol. The molecule has 2 aromatic heterocycles. The fourth-order valence-electron chi connectivity index (χ4n) is 11.6. The summed E-state index contributed by atoms with van der Waals surface area (Å²) in [4.78, 5) is 28.8. The van der Waals surface area contributed by atoms with Gasteiger partial charge in [0.2, 0.25) is 6.35 Å². The Kier molecular flexibility index (Phi) is 12.1. The Morgan fingerprint density at radius 3 is 2.00 bits per heavy atom. The number of amides is 1. The van der Waals surface area contributed by atoms with Gasteiger partial charge in [0.05, 0.1) is 29.4 Å². The number of anilines is 1. The van der Waals surface area contributed by atoms with Gasteiger partial charge in [-0.25, -0.2) is 19.2 Å². The molecule has 1 amide bonds. The van der Waals surface area contributed by atoms with Crippen molar-refractivity contribution in [3.8, 4) is 16.9 Å². The van der Waals surface area contributed by atoms with Gasteiger partial charge in [0.25, 0.3) is 0 Å². The number of aliphatic imine (C=N–C) groups is 1. The molecule has 1 aliphatic carbocycles. The molecule has 12 rings (SSSR count). The largest absolute Gasteiger partial charge is 0.483 e. The highest BCUT2D eigenvalue weighted by molar-refractivity contribution is 6.08. The average molecular weight is 980 g/mol. The minimum Gasteiger partial charge on any atom is -0.483 e. The molecule has 3 saturated heterocycles. The first kappa shape index (κ1) is 46.9. The summed E-state index contributed by atoms with van der Waals surface area (Å²) in [6.07, 6.45) is 4.52. The number of carbonyl (C=O) groups excluding carboxylic acids is 1. The topological polar surface area (TPSA) is 116 Å². The van der Waals surface area contributed by atoms with Gasteiger partial charge < -0.3 is 34.1 Å². The van der Waals surface area contributed by atoms with Gasteiger partial charge >= 0.3 is 6.09 Å². The van der Waals surface area contributed by atoms with Crippen LogP contribution in [-0.4, -0.2) is 92.9 Å². The first-order valence-electron chi connectivity index (χ1n) is 25.9. The van der Waals surface area contributed by atoms with E-state index in [0.717, 1.165) is 71.0 Å². The second-order valence-electron chi connectivity index (χ2n) is 21.3. The number of carbonyl (C=O) groups is 1. The SMILES string of the molecule is Cc1c(F)cc2nn(C(c3ccccc3)(c3ccccc3)c3ccccc3)cc2c1-c1c(C2CC2)nc2c(c1O[C@@H](C)c1ccccc1)NC(OC1CCOCC1)N=C2N1C[C@@H]2C[C@H]1CN2C(=O)OC(C)(C)C. The summed E-state index contributed by atoms with van der Waals surface area (Å²) in [5.41, 5.74) is 6.93. The Bertz CT molecular complexity index is 3090. The summed E-state index contributed by atoms with van der Waals surface area (Å²) < 4.78 is 45.3. The third-order valence-corrected chi connectivity index (χ3v) is 15.2. The van der Waals surface area contributed by atoms with E-state index in [4.69, 9.17) is 34.0 Å². The quantitative estimate of drug-likeness (QED) is 0.127. The molecule has 6 heterocycles. The summed E-state index contributed by atoms with van der Waals surface area (Å²) in [5, 5.41) is 9.92. The van der Waals surface area contributed by atoms with Gasteiger partial charge in [0, 0.05) is 61.0 Å². The number of nitrogens with zero attached hydrogens (tertiary/aromatic N) is 6. The van der Waals surface area contributed by atoms with Crippen LogP contribution in [0.4, 0.5) is 14.9 Å². The molecule has 5 aromatic carbocycles. The maximum atomic E-state index is 17.3. The molecule has 2 bridgehead atoms. The van der Waals surface area contributed by atoms with Crippen molar-refractivity contribution in [2.75, 3.05) is 31.6 Å². The zero-order valence-electron chi connectivity index (χ0n) is 42.1. The summed E-state index contributed by atoms with van der Waals surface area (Å²) in [5.74, 6) is 0.950. The van der Waals surface area contributed by atoms with Crippen molar-refractivity contribution < 1.29 is 28.1 Å². The Hall–Kier alpha value is -7.09. The van der Waals surface area contributed by atoms with Crippen molar-refractivity contribution in [3.05, 3.63) is 179 Å². The molecule has 0 radical (unpaired) electrons. The molecule has 1 N–H and O–H groups in total. The van der Waals surface area contributed by atoms with E-state index in [9.17, 15) is 4.79 Å². The number of piperazine rings is 1. The smallest absolute Gasteiger partial charge is 0.410 e. The Morgan fingerprint density at radius 1 is 0.808 bits per heavy atom. The fraction of sp³-hybridized carbons (Fsp3) is 0.367. The zero-order valence-corrected chi connectivity index (χ0v) is 42.1. The van der Waals surface area contributed by atoms with E-state index in [1.54, 1.807) is 6.07 Å². The van der Waals surface area contributed by atoms with E-state index in [1.807, 2.05) is 73.7 Å². The molecule has 13 heteroatoms. The van der Waals surface area contributed by atoms with Crippen LogP contribution in [0.5, 0.6) is 5.75 Å². The molecule has 374 valence electrons. The first-order valence-corrected chi connectivity index (χ1v) is 25.9. The number of likely N-dealkylation sites (tertiary alicyclic amines) is 2. The zero-order chi connectivity index (χ0) is 50.0. The first-order chi connectivity index (χ1) is 35.4. The summed E-state index contributed by atoms with van der Waals surface area (Å²) >= 11 is 0. The minimum atomic E-state index is -0.950. The molecule has 4 aliphatic heterocycles. The van der Waals surface area contributed by atoms with Gasteiger partial charge in [0.1, 0.15) is 34.4 Å². The number of amidine groups is 1. The standard InChI is InChI=1S/C60H62FN7O5/c1-37-48(61)33-49-47(36-68(65-49)60(41-20-12-7-13-21-41,42-22-14-8-15-23-42)43-24-16-9-17-25-43)50(37)51-52(40-26-27-40)62-54-53(55(51)71-38(2)39-18-10-6-11-19-39)63-57(72-46-28-30-70-31-29-46)64-56(54)66-34-45-32-44(66)35-67(45)58(69)73-59(3,4)5/h6-25,33,36,38,40,44-46,57,63H,26-32,34-35H2,1-5H3/t38-,44-,45-,57?/m0/s1. The number of aromatic nitrogens is 3. The van der Waals surface area contributed by atoms with Crippen LogP contribution in [-0.2, 0) is 19.7 Å². The summed E-state index contributed by atoms with van der Waals surface area (Å²) in [6, 6.07) is 42.9. The maximum absolute atomic E-state index is 17.3. The van der Waals surface area contributed by atoms with Gasteiger partial charge in [0.15, 0.2) is 11.6 Å². The van der Waals surface area contributed by atoms with Crippen molar-refractivity contribution in [3.63, 3.8) is 0 Å². The molecule has 4 fully saturated rings. The normalized spacial score (nSPS) is 20.4. The van der Waals surface area contributed by atoms with Crippen LogP contribution in [0.1, 0.15) is 111 Å². The van der Waals surface area contributed by atoms with Crippen LogP contribution in [0.25, 0.3) is 22.0 Å². The van der Waals surface area contributed by atoms with Gasteiger partial charge in [-0.2, -0.15) is 5.10 Å². The molecule has 73 heavy (non-hydrogen) atoms. The molecule has 5 aliphatic rings. The Balaban J connectivity index is 1.08. The minimum absolute atomic E-state index is 0.0283. The summed E-state index contributed by atoms with van der Waals surface area (Å²) in [7, 11) is 0. The van der Waals surface area contributed by atoms with Crippen LogP contribution in [0.2, 0.25) is 0 Å². The van der Waals surface area contributed by atoms with Crippen LogP contribution in [0, 0.1) is 12.7 Å². The second kappa shape index (κ2) is 18.8. The van der Waals surface area contributed by atoms with E-state index < -0.39 is 23.6 Å². The van der Waals surface area contributed by atoms with Crippen LogP contribution in [0.3, 0.4) is 0 Å². The molecular formula is C60H62FN7O5. The molecule has 1 unspecified atom stereocenters. The van der Waals surface area contributed by atoms with E-state index in [0.29, 0.717) is 65.9 Å². The Labute approximate surface area is 426 Å². The lowest BCUT2D eigenvalue weighted by Crippen LogP contribution is -2.53. The number of rotatable bonds is 11. The van der Waals surface area contributed by atoms with Gasteiger partial charge in [-0.3, -0.25) is 4.68 Å². The van der Waals surface area contributed by atoms with Gasteiger partial charge in [-0.1, -0.05) is 121 Å². The predicted octanol–water partition coefficient (Wildman–Crippen LogP) is 11.7. The number of hydrogen-bond acceptors (Lipinski definition) is 10. The van der Waals surface area contributed by atoms with Crippen LogP contribution >= 0.6 is 0 Å². The van der Waals surface area contributed by atoms with E-state index >= 15 is 4.39 Å². The van der Waals surface area contributed by atoms with Gasteiger partial charge in [-0.15, -0.1) is 0 Å². The van der Waals surface area contributed by atoms with Gasteiger partial charge in [-0.05, 0) is 94.5 Å². The number of nitrogens with one attached hydrogen (secondary N) is 1. The van der Waals surface area contributed by atoms with Crippen molar-refractivity contribution in [1.29, 1.82) is 0 Å². The number of halogens is 1. The van der Waals surface area contributed by atoms with Crippen molar-refractivity contribution >= 4 is 28.5 Å². The lowest BCUT2D eigenvalue weighted by atomic mass is 9.77. The number of fused-ring (bicyclic) bond motifs is 4. The van der Waals surface area contributed by atoms with Crippen molar-refractivity contribution in [2.45, 2.75) is 114 Å². The van der Waals surface area contributed by atoms with Crippen molar-refractivity contribution in [1.82, 2.24) is 24.6 Å². The third kappa shape index (κ3) is 8.59. The maximum Gasteiger partial charge on any atom is 0.410 e. The number of ether oxygens (including phenoxy) is 4. The molecule has 7 aromatic rings. The second-order valence-corrected chi connectivity index (χ2v) is 21.3. The van der Waals surface area contributed by atoms with Crippen LogP contribution in [0.15, 0.2) is 139 Å². The fourth-order valence-corrected chi connectivity index (χ4v) is 11.6. The molecule has 1 saturated carbocycles. The number of hydrogen-bond donors (Lipinski definition) is 1. The molecule has 4 atom stereocenters. The Morgan fingerprint density at radius 2 is 1.42 bits per heavy atom. The lowest BCUT2D eigenvalue weighted by Gasteiger charge is -2.39.